The number of nitrogens with zero attached hydrogens (tertiary/aromatic N) is 1. The zero-order chi connectivity index (χ0) is 15.3. The van der Waals surface area contributed by atoms with Crippen molar-refractivity contribution in [1.29, 1.82) is 0 Å². The fourth-order valence-corrected chi connectivity index (χ4v) is 2.66. The predicted molar refractivity (Wildman–Crippen MR) is 85.8 cm³/mol. The van der Waals surface area contributed by atoms with Gasteiger partial charge in [0.25, 0.3) is 0 Å². The molecule has 0 aliphatic carbocycles. The smallest absolute Gasteiger partial charge is 0.0701 e. The van der Waals surface area contributed by atoms with Crippen LogP contribution >= 0.6 is 0 Å². The lowest BCUT2D eigenvalue weighted by Gasteiger charge is -2.27. The van der Waals surface area contributed by atoms with Crippen LogP contribution in [0.5, 0.6) is 0 Å². The van der Waals surface area contributed by atoms with Gasteiger partial charge in [-0.15, -0.1) is 0 Å². The van der Waals surface area contributed by atoms with Crippen LogP contribution in [0.2, 0.25) is 0 Å². The molecule has 1 aliphatic rings. The number of ether oxygens (including phenoxy) is 3. The molecule has 0 aromatic carbocycles. The van der Waals surface area contributed by atoms with Crippen molar-refractivity contribution < 1.29 is 14.2 Å². The molecule has 126 valence electrons. The molecule has 1 unspecified atom stereocenters. The molecular formula is C16H34N2O3. The fraction of sp³-hybridized carbons (Fsp3) is 1.00. The summed E-state index contributed by atoms with van der Waals surface area (Å²) in [6, 6.07) is 0.668. The Bertz CT molecular complexity index is 234. The summed E-state index contributed by atoms with van der Waals surface area (Å²) in [7, 11) is 1.68. The molecule has 5 nitrogen and oxygen atoms in total. The molecule has 1 N–H and O–H groups in total. The lowest BCUT2D eigenvalue weighted by Crippen LogP contribution is -2.41. The number of rotatable bonds is 13. The highest BCUT2D eigenvalue weighted by Gasteiger charge is 2.18. The summed E-state index contributed by atoms with van der Waals surface area (Å²) in [6.45, 7) is 12.4. The first kappa shape index (κ1) is 18.8. The van der Waals surface area contributed by atoms with Gasteiger partial charge in [-0.3, -0.25) is 4.90 Å². The number of hydrogen-bond acceptors (Lipinski definition) is 5. The zero-order valence-electron chi connectivity index (χ0n) is 14.1. The van der Waals surface area contributed by atoms with E-state index in [0.717, 1.165) is 26.2 Å². The van der Waals surface area contributed by atoms with Crippen molar-refractivity contribution in [2.24, 2.45) is 5.92 Å². The molecule has 1 fully saturated rings. The molecule has 5 heteroatoms. The van der Waals surface area contributed by atoms with Crippen LogP contribution in [0.3, 0.4) is 0 Å². The van der Waals surface area contributed by atoms with Gasteiger partial charge in [0.1, 0.15) is 0 Å². The average molecular weight is 302 g/mol. The van der Waals surface area contributed by atoms with E-state index < -0.39 is 0 Å². The number of hydrogen-bond donors (Lipinski definition) is 1. The summed E-state index contributed by atoms with van der Waals surface area (Å²) >= 11 is 0. The largest absolute Gasteiger partial charge is 0.382 e. The predicted octanol–water partition coefficient (Wildman–Crippen LogP) is 1.38. The second kappa shape index (κ2) is 12.4. The summed E-state index contributed by atoms with van der Waals surface area (Å²) in [5.41, 5.74) is 0. The number of nitrogens with one attached hydrogen (secondary N) is 1. The Kier molecular flexibility index (Phi) is 11.1. The maximum Gasteiger partial charge on any atom is 0.0701 e. The van der Waals surface area contributed by atoms with Gasteiger partial charge in [0.05, 0.1) is 33.0 Å². The monoisotopic (exact) mass is 302 g/mol. The molecule has 0 bridgehead atoms. The summed E-state index contributed by atoms with van der Waals surface area (Å²) in [6.07, 6.45) is 2.62. The summed E-state index contributed by atoms with van der Waals surface area (Å²) in [5.74, 6) is 0.698. The summed E-state index contributed by atoms with van der Waals surface area (Å²) < 4.78 is 16.0. The van der Waals surface area contributed by atoms with E-state index in [9.17, 15) is 0 Å². The fourth-order valence-electron chi connectivity index (χ4n) is 2.66. The van der Waals surface area contributed by atoms with Crippen molar-refractivity contribution in [1.82, 2.24) is 10.2 Å². The third kappa shape index (κ3) is 10.2. The Balaban J connectivity index is 2.05. The molecule has 1 aliphatic heterocycles. The minimum absolute atomic E-state index is 0.646. The summed E-state index contributed by atoms with van der Waals surface area (Å²) in [5, 5.41) is 3.58. The first-order chi connectivity index (χ1) is 10.2. The lowest BCUT2D eigenvalue weighted by atomic mass is 10.1. The van der Waals surface area contributed by atoms with Gasteiger partial charge >= 0.3 is 0 Å². The first-order valence-electron chi connectivity index (χ1n) is 8.32. The normalized spacial score (nSPS) is 19.0. The highest BCUT2D eigenvalue weighted by atomic mass is 16.5. The van der Waals surface area contributed by atoms with Crippen LogP contribution in [-0.2, 0) is 14.2 Å². The molecule has 0 radical (unpaired) electrons. The van der Waals surface area contributed by atoms with E-state index >= 15 is 0 Å². The van der Waals surface area contributed by atoms with Crippen LogP contribution in [0.25, 0.3) is 0 Å². The van der Waals surface area contributed by atoms with E-state index in [1.807, 2.05) is 0 Å². The molecule has 0 spiro atoms. The van der Waals surface area contributed by atoms with Gasteiger partial charge in [0.15, 0.2) is 0 Å². The Labute approximate surface area is 130 Å². The van der Waals surface area contributed by atoms with E-state index in [0.29, 0.717) is 38.4 Å². The maximum absolute atomic E-state index is 5.66. The van der Waals surface area contributed by atoms with Gasteiger partial charge in [-0.2, -0.15) is 0 Å². The quantitative estimate of drug-likeness (QED) is 0.521. The van der Waals surface area contributed by atoms with Crippen LogP contribution < -0.4 is 5.32 Å². The Morgan fingerprint density at radius 1 is 1.10 bits per heavy atom. The molecule has 1 heterocycles. The Morgan fingerprint density at radius 2 is 1.81 bits per heavy atom. The van der Waals surface area contributed by atoms with Crippen LogP contribution in [0, 0.1) is 5.92 Å². The maximum atomic E-state index is 5.66. The van der Waals surface area contributed by atoms with Crippen LogP contribution in [0.4, 0.5) is 0 Å². The molecule has 0 saturated carbocycles. The summed E-state index contributed by atoms with van der Waals surface area (Å²) in [4.78, 5) is 2.53. The molecule has 1 saturated heterocycles. The number of methoxy groups -OCH3 is 1. The zero-order valence-corrected chi connectivity index (χ0v) is 14.1. The highest BCUT2D eigenvalue weighted by molar-refractivity contribution is 4.78. The minimum atomic E-state index is 0.646. The van der Waals surface area contributed by atoms with E-state index in [1.54, 1.807) is 7.11 Å². The second-order valence-corrected chi connectivity index (χ2v) is 6.16. The highest BCUT2D eigenvalue weighted by Crippen LogP contribution is 2.08. The van der Waals surface area contributed by atoms with Crippen LogP contribution in [-0.4, -0.2) is 77.3 Å². The van der Waals surface area contributed by atoms with Gasteiger partial charge in [0, 0.05) is 32.8 Å². The van der Waals surface area contributed by atoms with E-state index in [-0.39, 0.29) is 0 Å². The molecule has 0 aromatic heterocycles. The van der Waals surface area contributed by atoms with Crippen molar-refractivity contribution in [2.75, 3.05) is 66.3 Å². The van der Waals surface area contributed by atoms with Crippen molar-refractivity contribution >= 4 is 0 Å². The molecule has 0 amide bonds. The SMILES string of the molecule is COCCOCCOCCN(CC(C)C)CC1CCCN1. The van der Waals surface area contributed by atoms with Gasteiger partial charge in [-0.05, 0) is 25.3 Å². The van der Waals surface area contributed by atoms with Crippen molar-refractivity contribution in [3.05, 3.63) is 0 Å². The Morgan fingerprint density at radius 3 is 2.43 bits per heavy atom. The average Bonchev–Trinajstić information content (AvgIpc) is 2.94. The van der Waals surface area contributed by atoms with Gasteiger partial charge in [-0.25, -0.2) is 0 Å². The standard InChI is InChI=1S/C16H34N2O3/c1-15(2)13-18(14-16-5-4-6-17-16)7-8-20-11-12-21-10-9-19-3/h15-17H,4-14H2,1-3H3. The third-order valence-electron chi connectivity index (χ3n) is 3.62. The van der Waals surface area contributed by atoms with Crippen molar-refractivity contribution in [3.63, 3.8) is 0 Å². The van der Waals surface area contributed by atoms with Crippen LogP contribution in [0.1, 0.15) is 26.7 Å². The van der Waals surface area contributed by atoms with Gasteiger partial charge < -0.3 is 19.5 Å². The molecule has 1 atom stereocenters. The lowest BCUT2D eigenvalue weighted by molar-refractivity contribution is 0.0184. The molecule has 21 heavy (non-hydrogen) atoms. The molecule has 0 aromatic rings. The van der Waals surface area contributed by atoms with E-state index in [4.69, 9.17) is 14.2 Å². The van der Waals surface area contributed by atoms with Gasteiger partial charge in [0.2, 0.25) is 0 Å². The van der Waals surface area contributed by atoms with Crippen LogP contribution in [0.15, 0.2) is 0 Å². The van der Waals surface area contributed by atoms with E-state index in [1.165, 1.54) is 19.4 Å². The second-order valence-electron chi connectivity index (χ2n) is 6.16. The van der Waals surface area contributed by atoms with Gasteiger partial charge in [-0.1, -0.05) is 13.8 Å². The van der Waals surface area contributed by atoms with Crippen molar-refractivity contribution in [2.45, 2.75) is 32.7 Å². The van der Waals surface area contributed by atoms with E-state index in [2.05, 4.69) is 24.1 Å². The first-order valence-corrected chi connectivity index (χ1v) is 8.32. The molecule has 1 rings (SSSR count). The van der Waals surface area contributed by atoms with Crippen molar-refractivity contribution in [3.8, 4) is 0 Å². The molecular weight excluding hydrogens is 268 g/mol. The third-order valence-corrected chi connectivity index (χ3v) is 3.62. The minimum Gasteiger partial charge on any atom is -0.382 e. The topological polar surface area (TPSA) is 43.0 Å². The Hall–Kier alpha value is -0.200.